The van der Waals surface area contributed by atoms with Crippen LogP contribution in [-0.4, -0.2) is 26.6 Å². The van der Waals surface area contributed by atoms with E-state index in [4.69, 9.17) is 0 Å². The van der Waals surface area contributed by atoms with Gasteiger partial charge in [-0.05, 0) is 31.4 Å². The van der Waals surface area contributed by atoms with E-state index in [0.29, 0.717) is 5.92 Å². The van der Waals surface area contributed by atoms with E-state index >= 15 is 0 Å². The number of carbonyl (C=O) groups is 1. The lowest BCUT2D eigenvalue weighted by atomic mass is 9.98. The molecular weight excluding hydrogens is 252 g/mol. The molecule has 0 aliphatic carbocycles. The Morgan fingerprint density at radius 3 is 3.10 bits per heavy atom. The van der Waals surface area contributed by atoms with Gasteiger partial charge in [0.25, 0.3) is 5.91 Å². The third-order valence-electron chi connectivity index (χ3n) is 4.21. The average molecular weight is 272 g/mol. The van der Waals surface area contributed by atoms with Gasteiger partial charge in [-0.2, -0.15) is 0 Å². The molecule has 1 atom stereocenters. The zero-order valence-electron chi connectivity index (χ0n) is 12.0. The largest absolute Gasteiger partial charge is 0.350 e. The second-order valence-corrected chi connectivity index (χ2v) is 5.52. The summed E-state index contributed by atoms with van der Waals surface area (Å²) in [6.07, 6.45) is 5.91. The molecule has 0 radical (unpaired) electrons. The maximum atomic E-state index is 12.2. The Morgan fingerprint density at radius 1 is 1.50 bits per heavy atom. The van der Waals surface area contributed by atoms with Crippen LogP contribution in [0.2, 0.25) is 0 Å². The van der Waals surface area contributed by atoms with Gasteiger partial charge >= 0.3 is 0 Å². The van der Waals surface area contributed by atoms with Crippen molar-refractivity contribution in [1.29, 1.82) is 0 Å². The van der Waals surface area contributed by atoms with Crippen molar-refractivity contribution in [1.82, 2.24) is 19.4 Å². The Labute approximate surface area is 118 Å². The summed E-state index contributed by atoms with van der Waals surface area (Å²) in [6, 6.07) is 3.84. The van der Waals surface area contributed by atoms with Crippen LogP contribution in [0.4, 0.5) is 0 Å². The number of imidazole rings is 1. The Morgan fingerprint density at radius 2 is 2.35 bits per heavy atom. The lowest BCUT2D eigenvalue weighted by Gasteiger charge is -2.23. The average Bonchev–Trinajstić information content (AvgIpc) is 3.03. The number of hydrogen-bond donors (Lipinski definition) is 1. The standard InChI is InChI=1S/C15H20N4O/c1-11-3-4-13(18(11)2)15(20)17-10-12-5-7-19-8-6-16-14(19)9-12/h3-4,6,8,12H,5,7,9-10H2,1-2H3,(H,17,20). The first kappa shape index (κ1) is 13.0. The summed E-state index contributed by atoms with van der Waals surface area (Å²) in [4.78, 5) is 16.5. The van der Waals surface area contributed by atoms with Crippen molar-refractivity contribution in [3.05, 3.63) is 41.7 Å². The Kier molecular flexibility index (Phi) is 3.34. The fourth-order valence-corrected chi connectivity index (χ4v) is 2.76. The van der Waals surface area contributed by atoms with Crippen LogP contribution < -0.4 is 5.32 Å². The first-order chi connectivity index (χ1) is 9.65. The van der Waals surface area contributed by atoms with Crippen molar-refractivity contribution in [3.63, 3.8) is 0 Å². The lowest BCUT2D eigenvalue weighted by molar-refractivity contribution is 0.0936. The smallest absolute Gasteiger partial charge is 0.267 e. The molecule has 1 N–H and O–H groups in total. The van der Waals surface area contributed by atoms with Crippen LogP contribution in [0.15, 0.2) is 24.5 Å². The molecule has 5 heteroatoms. The molecule has 0 spiro atoms. The van der Waals surface area contributed by atoms with Crippen LogP contribution in [-0.2, 0) is 20.0 Å². The summed E-state index contributed by atoms with van der Waals surface area (Å²) in [7, 11) is 1.92. The minimum absolute atomic E-state index is 0.00881. The monoisotopic (exact) mass is 272 g/mol. The number of carbonyl (C=O) groups excluding carboxylic acids is 1. The summed E-state index contributed by atoms with van der Waals surface area (Å²) < 4.78 is 4.11. The summed E-state index contributed by atoms with van der Waals surface area (Å²) in [5, 5.41) is 3.05. The van der Waals surface area contributed by atoms with Crippen molar-refractivity contribution in [3.8, 4) is 0 Å². The Balaban J connectivity index is 1.58. The normalized spacial score (nSPS) is 17.8. The molecule has 0 saturated heterocycles. The molecule has 1 aliphatic heterocycles. The molecule has 5 nitrogen and oxygen atoms in total. The minimum atomic E-state index is 0.00881. The number of fused-ring (bicyclic) bond motifs is 1. The van der Waals surface area contributed by atoms with Crippen molar-refractivity contribution in [2.75, 3.05) is 6.54 Å². The second-order valence-electron chi connectivity index (χ2n) is 5.52. The third kappa shape index (κ3) is 2.35. The van der Waals surface area contributed by atoms with E-state index in [-0.39, 0.29) is 5.91 Å². The van der Waals surface area contributed by atoms with E-state index in [0.717, 1.165) is 43.1 Å². The maximum absolute atomic E-state index is 12.2. The molecule has 1 amide bonds. The van der Waals surface area contributed by atoms with Gasteiger partial charge in [-0.1, -0.05) is 0 Å². The number of nitrogens with one attached hydrogen (secondary N) is 1. The van der Waals surface area contributed by atoms with Crippen LogP contribution >= 0.6 is 0 Å². The predicted molar refractivity (Wildman–Crippen MR) is 76.5 cm³/mol. The highest BCUT2D eigenvalue weighted by Gasteiger charge is 2.20. The van der Waals surface area contributed by atoms with Crippen molar-refractivity contribution < 1.29 is 4.79 Å². The Bertz CT molecular complexity index is 626. The molecule has 1 aliphatic rings. The highest BCUT2D eigenvalue weighted by molar-refractivity contribution is 5.92. The zero-order chi connectivity index (χ0) is 14.1. The van der Waals surface area contributed by atoms with Crippen LogP contribution in [0.5, 0.6) is 0 Å². The van der Waals surface area contributed by atoms with Crippen LogP contribution in [0, 0.1) is 12.8 Å². The molecule has 0 bridgehead atoms. The number of hydrogen-bond acceptors (Lipinski definition) is 2. The summed E-state index contributed by atoms with van der Waals surface area (Å²) in [6.45, 7) is 3.72. The Hall–Kier alpha value is -2.04. The van der Waals surface area contributed by atoms with E-state index in [9.17, 15) is 4.79 Å². The fourth-order valence-electron chi connectivity index (χ4n) is 2.76. The van der Waals surface area contributed by atoms with Crippen LogP contribution in [0.3, 0.4) is 0 Å². The van der Waals surface area contributed by atoms with E-state index < -0.39 is 0 Å². The molecule has 0 saturated carbocycles. The zero-order valence-corrected chi connectivity index (χ0v) is 12.0. The molecule has 0 fully saturated rings. The number of aryl methyl sites for hydroxylation is 2. The molecule has 20 heavy (non-hydrogen) atoms. The molecule has 2 aromatic rings. The SMILES string of the molecule is Cc1ccc(C(=O)NCC2CCn3ccnc3C2)n1C. The van der Waals surface area contributed by atoms with E-state index in [1.165, 1.54) is 0 Å². The molecule has 2 aromatic heterocycles. The van der Waals surface area contributed by atoms with Gasteiger partial charge < -0.3 is 14.5 Å². The van der Waals surface area contributed by atoms with Gasteiger partial charge in [0.15, 0.2) is 0 Å². The fraction of sp³-hybridized carbons (Fsp3) is 0.467. The maximum Gasteiger partial charge on any atom is 0.267 e. The van der Waals surface area contributed by atoms with Crippen molar-refractivity contribution in [2.45, 2.75) is 26.3 Å². The van der Waals surface area contributed by atoms with Crippen LogP contribution in [0.1, 0.15) is 28.4 Å². The molecule has 3 rings (SSSR count). The van der Waals surface area contributed by atoms with E-state index in [1.54, 1.807) is 0 Å². The number of aromatic nitrogens is 3. The van der Waals surface area contributed by atoms with Gasteiger partial charge in [0.05, 0.1) is 0 Å². The highest BCUT2D eigenvalue weighted by Crippen LogP contribution is 2.18. The van der Waals surface area contributed by atoms with E-state index in [1.807, 2.05) is 43.1 Å². The van der Waals surface area contributed by atoms with Crippen molar-refractivity contribution >= 4 is 5.91 Å². The number of amides is 1. The van der Waals surface area contributed by atoms with E-state index in [2.05, 4.69) is 14.9 Å². The second kappa shape index (κ2) is 5.15. The predicted octanol–water partition coefficient (Wildman–Crippen LogP) is 1.52. The molecule has 0 aromatic carbocycles. The van der Waals surface area contributed by atoms with Crippen molar-refractivity contribution in [2.24, 2.45) is 13.0 Å². The van der Waals surface area contributed by atoms with Gasteiger partial charge in [-0.3, -0.25) is 4.79 Å². The summed E-state index contributed by atoms with van der Waals surface area (Å²) in [5.41, 5.74) is 1.81. The van der Waals surface area contributed by atoms with Gasteiger partial charge in [-0.15, -0.1) is 0 Å². The first-order valence-corrected chi connectivity index (χ1v) is 7.05. The summed E-state index contributed by atoms with van der Waals surface area (Å²) in [5.74, 6) is 1.62. The van der Waals surface area contributed by atoms with Gasteiger partial charge in [-0.25, -0.2) is 4.98 Å². The molecule has 3 heterocycles. The topological polar surface area (TPSA) is 51.9 Å². The van der Waals surface area contributed by atoms with Crippen LogP contribution in [0.25, 0.3) is 0 Å². The van der Waals surface area contributed by atoms with Gasteiger partial charge in [0.2, 0.25) is 0 Å². The van der Waals surface area contributed by atoms with Gasteiger partial charge in [0.1, 0.15) is 11.5 Å². The highest BCUT2D eigenvalue weighted by atomic mass is 16.1. The quantitative estimate of drug-likeness (QED) is 0.921. The van der Waals surface area contributed by atoms with Gasteiger partial charge in [0, 0.05) is 44.6 Å². The minimum Gasteiger partial charge on any atom is -0.350 e. The molecule has 106 valence electrons. The lowest BCUT2D eigenvalue weighted by Crippen LogP contribution is -2.34. The number of rotatable bonds is 3. The molecular formula is C15H20N4O. The first-order valence-electron chi connectivity index (χ1n) is 7.05. The molecule has 1 unspecified atom stereocenters. The third-order valence-corrected chi connectivity index (χ3v) is 4.21. The number of nitrogens with zero attached hydrogens (tertiary/aromatic N) is 3. The summed E-state index contributed by atoms with van der Waals surface area (Å²) >= 11 is 0.